The van der Waals surface area contributed by atoms with Gasteiger partial charge >= 0.3 is 0 Å². The average molecular weight is 534 g/mol. The molecule has 6 nitrogen and oxygen atoms in total. The van der Waals surface area contributed by atoms with Crippen LogP contribution in [-0.2, 0) is 17.9 Å². The van der Waals surface area contributed by atoms with Gasteiger partial charge in [0.25, 0.3) is 5.91 Å². The third-order valence-electron chi connectivity index (χ3n) is 7.59. The third kappa shape index (κ3) is 7.49. The Morgan fingerprint density at radius 1 is 1.00 bits per heavy atom. The first kappa shape index (κ1) is 28.4. The maximum atomic E-state index is 14.0. The fraction of sp³-hybridized carbons (Fsp3) is 0.438. The second-order valence-electron chi connectivity index (χ2n) is 10.3. The van der Waals surface area contributed by atoms with Gasteiger partial charge in [-0.25, -0.2) is 4.39 Å². The van der Waals surface area contributed by atoms with Gasteiger partial charge in [0.2, 0.25) is 5.91 Å². The smallest absolute Gasteiger partial charge is 0.258 e. The molecule has 2 amide bonds. The van der Waals surface area contributed by atoms with E-state index in [0.717, 1.165) is 49.8 Å². The number of halogens is 1. The van der Waals surface area contributed by atoms with E-state index in [4.69, 9.17) is 4.74 Å². The van der Waals surface area contributed by atoms with Crippen LogP contribution in [0.15, 0.2) is 66.9 Å². The number of hydrogen-bond acceptors (Lipinski definition) is 3. The minimum Gasteiger partial charge on any atom is -0.496 e. The van der Waals surface area contributed by atoms with E-state index in [9.17, 15) is 14.0 Å². The van der Waals surface area contributed by atoms with Gasteiger partial charge in [-0.05, 0) is 61.2 Å². The summed E-state index contributed by atoms with van der Waals surface area (Å²) >= 11 is 0. The molecule has 1 aliphatic rings. The monoisotopic (exact) mass is 533 g/mol. The van der Waals surface area contributed by atoms with Crippen LogP contribution in [0.25, 0.3) is 0 Å². The number of amides is 2. The Hall–Kier alpha value is -3.61. The molecule has 208 valence electrons. The standard InChI is InChI=1S/C32H40FN3O3/c1-3-4-20-35(32(38)29-14-8-9-15-30(29)39-2)24-31(37)36(27-11-6-5-7-12-27)23-28-13-10-21-34(28)22-25-16-18-26(33)19-17-25/h8-10,13-19,21,27H,3-7,11-12,20,22-24H2,1-2H3. The molecule has 1 aliphatic carbocycles. The summed E-state index contributed by atoms with van der Waals surface area (Å²) in [4.78, 5) is 31.3. The van der Waals surface area contributed by atoms with Gasteiger partial charge in [0.15, 0.2) is 0 Å². The zero-order valence-electron chi connectivity index (χ0n) is 23.2. The van der Waals surface area contributed by atoms with Crippen molar-refractivity contribution in [2.75, 3.05) is 20.2 Å². The van der Waals surface area contributed by atoms with E-state index in [2.05, 4.69) is 11.5 Å². The Morgan fingerprint density at radius 2 is 1.74 bits per heavy atom. The van der Waals surface area contributed by atoms with Crippen LogP contribution in [0.3, 0.4) is 0 Å². The van der Waals surface area contributed by atoms with Gasteiger partial charge in [-0.2, -0.15) is 0 Å². The molecule has 1 heterocycles. The summed E-state index contributed by atoms with van der Waals surface area (Å²) in [5.41, 5.74) is 2.49. The van der Waals surface area contributed by atoms with Crippen LogP contribution in [0.1, 0.15) is 73.5 Å². The molecule has 0 aliphatic heterocycles. The van der Waals surface area contributed by atoms with Gasteiger partial charge in [0.05, 0.1) is 19.2 Å². The number of benzene rings is 2. The molecule has 0 saturated heterocycles. The number of rotatable bonds is 12. The second kappa shape index (κ2) is 14.0. The van der Waals surface area contributed by atoms with Crippen LogP contribution in [-0.4, -0.2) is 52.4 Å². The minimum atomic E-state index is -0.254. The van der Waals surface area contributed by atoms with Crippen LogP contribution in [0, 0.1) is 5.82 Å². The van der Waals surface area contributed by atoms with Crippen molar-refractivity contribution in [1.29, 1.82) is 0 Å². The Balaban J connectivity index is 1.56. The van der Waals surface area contributed by atoms with E-state index in [-0.39, 0.29) is 30.2 Å². The summed E-state index contributed by atoms with van der Waals surface area (Å²) in [5, 5.41) is 0. The number of carbonyl (C=O) groups is 2. The van der Waals surface area contributed by atoms with Crippen LogP contribution in [0.5, 0.6) is 5.75 Å². The minimum absolute atomic E-state index is 0.0317. The molecule has 3 aromatic rings. The van der Waals surface area contributed by atoms with Crippen LogP contribution >= 0.6 is 0 Å². The molecule has 4 rings (SSSR count). The molecular weight excluding hydrogens is 493 g/mol. The summed E-state index contributed by atoms with van der Waals surface area (Å²) in [6, 6.07) is 17.9. The lowest BCUT2D eigenvalue weighted by atomic mass is 9.94. The molecule has 0 bridgehead atoms. The lowest BCUT2D eigenvalue weighted by Crippen LogP contribution is -2.47. The highest BCUT2D eigenvalue weighted by atomic mass is 19.1. The van der Waals surface area contributed by atoms with E-state index >= 15 is 0 Å². The molecule has 1 aromatic heterocycles. The molecule has 2 aromatic carbocycles. The summed E-state index contributed by atoms with van der Waals surface area (Å²) < 4.78 is 21.0. The summed E-state index contributed by atoms with van der Waals surface area (Å²) in [6.07, 6.45) is 9.08. The quantitative estimate of drug-likeness (QED) is 0.275. The normalized spacial score (nSPS) is 13.7. The molecule has 1 fully saturated rings. The number of ether oxygens (including phenoxy) is 1. The first-order valence-electron chi connectivity index (χ1n) is 14.1. The Labute approximate surface area is 231 Å². The van der Waals surface area contributed by atoms with Gasteiger partial charge in [0.1, 0.15) is 18.1 Å². The molecule has 0 unspecified atom stereocenters. The van der Waals surface area contributed by atoms with Crippen molar-refractivity contribution in [3.8, 4) is 5.75 Å². The predicted octanol–water partition coefficient (Wildman–Crippen LogP) is 6.29. The van der Waals surface area contributed by atoms with Crippen molar-refractivity contribution in [2.24, 2.45) is 0 Å². The Bertz CT molecular complexity index is 1220. The Kier molecular flexibility index (Phi) is 10.2. The maximum absolute atomic E-state index is 14.0. The lowest BCUT2D eigenvalue weighted by Gasteiger charge is -2.36. The zero-order chi connectivity index (χ0) is 27.6. The number of carbonyl (C=O) groups excluding carboxylic acids is 2. The molecule has 7 heteroatoms. The highest BCUT2D eigenvalue weighted by Crippen LogP contribution is 2.26. The molecule has 0 radical (unpaired) electrons. The number of nitrogens with zero attached hydrogens (tertiary/aromatic N) is 3. The van der Waals surface area contributed by atoms with Crippen molar-refractivity contribution in [1.82, 2.24) is 14.4 Å². The predicted molar refractivity (Wildman–Crippen MR) is 151 cm³/mol. The van der Waals surface area contributed by atoms with Crippen LogP contribution < -0.4 is 4.74 Å². The summed E-state index contributed by atoms with van der Waals surface area (Å²) in [7, 11) is 1.56. The Morgan fingerprint density at radius 3 is 2.46 bits per heavy atom. The highest BCUT2D eigenvalue weighted by Gasteiger charge is 2.29. The van der Waals surface area contributed by atoms with Gasteiger partial charge in [0, 0.05) is 31.0 Å². The summed E-state index contributed by atoms with van der Waals surface area (Å²) in [6.45, 7) is 3.70. The fourth-order valence-electron chi connectivity index (χ4n) is 5.37. The van der Waals surface area contributed by atoms with E-state index in [1.54, 1.807) is 36.3 Å². The van der Waals surface area contributed by atoms with E-state index in [0.29, 0.717) is 30.9 Å². The van der Waals surface area contributed by atoms with Gasteiger partial charge < -0.3 is 19.1 Å². The molecule has 1 saturated carbocycles. The van der Waals surface area contributed by atoms with Crippen molar-refractivity contribution >= 4 is 11.8 Å². The number of hydrogen-bond donors (Lipinski definition) is 0. The van der Waals surface area contributed by atoms with Crippen molar-refractivity contribution in [2.45, 2.75) is 71.0 Å². The molecule has 0 N–H and O–H groups in total. The van der Waals surface area contributed by atoms with Crippen molar-refractivity contribution < 1.29 is 18.7 Å². The first-order valence-corrected chi connectivity index (χ1v) is 14.1. The molecule has 0 atom stereocenters. The lowest BCUT2D eigenvalue weighted by molar-refractivity contribution is -0.135. The van der Waals surface area contributed by atoms with E-state index < -0.39 is 0 Å². The first-order chi connectivity index (χ1) is 19.0. The highest BCUT2D eigenvalue weighted by molar-refractivity contribution is 5.98. The SMILES string of the molecule is CCCCN(CC(=O)N(Cc1cccn1Cc1ccc(F)cc1)C1CCCCC1)C(=O)c1ccccc1OC. The second-order valence-corrected chi connectivity index (χ2v) is 10.3. The van der Waals surface area contributed by atoms with Crippen LogP contribution in [0.4, 0.5) is 4.39 Å². The topological polar surface area (TPSA) is 54.8 Å². The number of unbranched alkanes of at least 4 members (excludes halogenated alkanes) is 1. The number of para-hydroxylation sites is 1. The van der Waals surface area contributed by atoms with Crippen LogP contribution in [0.2, 0.25) is 0 Å². The van der Waals surface area contributed by atoms with Gasteiger partial charge in [-0.15, -0.1) is 0 Å². The molecule has 39 heavy (non-hydrogen) atoms. The third-order valence-corrected chi connectivity index (χ3v) is 7.59. The van der Waals surface area contributed by atoms with Gasteiger partial charge in [-0.1, -0.05) is 56.9 Å². The summed E-state index contributed by atoms with van der Waals surface area (Å²) in [5.74, 6) is 0.0448. The van der Waals surface area contributed by atoms with Crippen molar-refractivity contribution in [3.63, 3.8) is 0 Å². The number of methoxy groups -OCH3 is 1. The number of aromatic nitrogens is 1. The van der Waals surface area contributed by atoms with E-state index in [1.807, 2.05) is 35.4 Å². The average Bonchev–Trinajstić information content (AvgIpc) is 3.41. The molecule has 0 spiro atoms. The molecular formula is C32H40FN3O3. The van der Waals surface area contributed by atoms with Gasteiger partial charge in [-0.3, -0.25) is 9.59 Å². The largest absolute Gasteiger partial charge is 0.496 e. The van der Waals surface area contributed by atoms with E-state index in [1.165, 1.54) is 18.6 Å². The van der Waals surface area contributed by atoms with Crippen molar-refractivity contribution in [3.05, 3.63) is 89.5 Å². The fourth-order valence-corrected chi connectivity index (χ4v) is 5.37. The zero-order valence-corrected chi connectivity index (χ0v) is 23.2. The maximum Gasteiger partial charge on any atom is 0.258 e.